The van der Waals surface area contributed by atoms with Crippen molar-refractivity contribution in [3.8, 4) is 45.3 Å². The van der Waals surface area contributed by atoms with Gasteiger partial charge >= 0.3 is 0 Å². The fraction of sp³-hybridized carbons (Fsp3) is 0.593. The van der Waals surface area contributed by atoms with Crippen molar-refractivity contribution in [3.63, 3.8) is 0 Å². The number of unbranched alkanes of at least 4 members (excludes halogenated alkanes) is 9. The first kappa shape index (κ1) is 68.2. The highest BCUT2D eigenvalue weighted by Crippen LogP contribution is 2.36. The monoisotopic (exact) mass is 1160 g/mol. The van der Waals surface area contributed by atoms with Gasteiger partial charge in [-0.3, -0.25) is 15.0 Å². The molecular weight excluding hydrogens is 1050 g/mol. The Bertz CT molecular complexity index is 2620. The normalized spacial score (nSPS) is 19.4. The van der Waals surface area contributed by atoms with E-state index in [0.29, 0.717) is 0 Å². The minimum Gasteiger partial charge on any atom is -0.494 e. The Morgan fingerprint density at radius 2 is 0.605 bits per heavy atom. The molecule has 0 radical (unpaired) electrons. The van der Waals surface area contributed by atoms with Gasteiger partial charge in [0.2, 0.25) is 0 Å². The van der Waals surface area contributed by atoms with E-state index < -0.39 is 0 Å². The third-order valence-electron chi connectivity index (χ3n) is 20.0. The number of hydrogen-bond donors (Lipinski definition) is 0. The highest BCUT2D eigenvalue weighted by molar-refractivity contribution is 5.61. The lowest BCUT2D eigenvalue weighted by atomic mass is 9.78. The lowest BCUT2D eigenvalue weighted by Gasteiger charge is -2.28. The minimum atomic E-state index is 0.816. The van der Waals surface area contributed by atoms with Gasteiger partial charge in [0.15, 0.2) is 0 Å². The number of nitrogens with zero attached hydrogens (tertiary/aromatic N) is 3. The number of rotatable bonds is 32. The van der Waals surface area contributed by atoms with Crippen LogP contribution < -0.4 is 9.47 Å². The Hall–Kier alpha value is -5.29. The molecule has 3 aromatic heterocycles. The van der Waals surface area contributed by atoms with Crippen LogP contribution in [0.3, 0.4) is 0 Å². The summed E-state index contributed by atoms with van der Waals surface area (Å²) in [4.78, 5) is 14.2. The molecule has 0 N–H and O–H groups in total. The summed E-state index contributed by atoms with van der Waals surface area (Å²) < 4.78 is 11.8. The fourth-order valence-corrected chi connectivity index (χ4v) is 13.7. The lowest BCUT2D eigenvalue weighted by Crippen LogP contribution is -2.15. The van der Waals surface area contributed by atoms with Crippen LogP contribution in [0.5, 0.6) is 11.5 Å². The van der Waals surface area contributed by atoms with Gasteiger partial charge in [0.25, 0.3) is 0 Å². The number of aromatic nitrogens is 3. The summed E-state index contributed by atoms with van der Waals surface area (Å²) in [6.07, 6.45) is 51.8. The summed E-state index contributed by atoms with van der Waals surface area (Å²) in [7, 11) is 0. The van der Waals surface area contributed by atoms with Crippen LogP contribution in [0.2, 0.25) is 0 Å². The third-order valence-corrected chi connectivity index (χ3v) is 20.0. The van der Waals surface area contributed by atoms with Crippen LogP contribution in [0.4, 0.5) is 0 Å². The SMILES string of the molecule is CCCC1CCC(CCc2ccc(-c3ccc(CC)cc3)nc2)CC1.CCCCCCCCOc1ccc(-c2ccc(CCC3CCC(CC)CC3)cn2)cc1.CCCCCCCOc1ccc(-c2ccc(CCC3CCC(CC)CC3)cn2)cc1. The van der Waals surface area contributed by atoms with Crippen LogP contribution in [0.1, 0.15) is 256 Å². The van der Waals surface area contributed by atoms with Crippen LogP contribution in [0.25, 0.3) is 33.8 Å². The predicted octanol–water partition coefficient (Wildman–Crippen LogP) is 23.7. The first-order valence-corrected chi connectivity index (χ1v) is 35.7. The second-order valence-corrected chi connectivity index (χ2v) is 26.5. The molecular formula is C81H117N3O2. The van der Waals surface area contributed by atoms with E-state index in [9.17, 15) is 0 Å². The van der Waals surface area contributed by atoms with Crippen molar-refractivity contribution < 1.29 is 9.47 Å². The second-order valence-electron chi connectivity index (χ2n) is 26.5. The van der Waals surface area contributed by atoms with Crippen molar-refractivity contribution in [2.45, 2.75) is 260 Å². The van der Waals surface area contributed by atoms with E-state index >= 15 is 0 Å². The van der Waals surface area contributed by atoms with E-state index in [0.717, 1.165) is 108 Å². The molecule has 0 saturated heterocycles. The van der Waals surface area contributed by atoms with E-state index in [1.54, 1.807) is 0 Å². The highest BCUT2D eigenvalue weighted by Gasteiger charge is 2.22. The van der Waals surface area contributed by atoms with Crippen molar-refractivity contribution >= 4 is 0 Å². The largest absolute Gasteiger partial charge is 0.494 e. The van der Waals surface area contributed by atoms with E-state index in [1.165, 1.54) is 227 Å². The topological polar surface area (TPSA) is 57.1 Å². The summed E-state index contributed by atoms with van der Waals surface area (Å²) >= 11 is 0. The Morgan fingerprint density at radius 1 is 0.302 bits per heavy atom. The van der Waals surface area contributed by atoms with Gasteiger partial charge in [0.05, 0.1) is 30.3 Å². The van der Waals surface area contributed by atoms with Gasteiger partial charge < -0.3 is 9.47 Å². The Morgan fingerprint density at radius 3 is 0.907 bits per heavy atom. The molecule has 0 bridgehead atoms. The first-order chi connectivity index (χ1) is 42.3. The van der Waals surface area contributed by atoms with Crippen LogP contribution in [0.15, 0.2) is 128 Å². The molecule has 3 heterocycles. The van der Waals surface area contributed by atoms with Crippen molar-refractivity contribution in [1.29, 1.82) is 0 Å². The van der Waals surface area contributed by atoms with Crippen LogP contribution >= 0.6 is 0 Å². The van der Waals surface area contributed by atoms with Gasteiger partial charge in [-0.05, 0) is 182 Å². The third kappa shape index (κ3) is 25.1. The van der Waals surface area contributed by atoms with Gasteiger partial charge in [-0.15, -0.1) is 0 Å². The van der Waals surface area contributed by atoms with Crippen molar-refractivity contribution in [1.82, 2.24) is 15.0 Å². The van der Waals surface area contributed by atoms with E-state index in [2.05, 4.69) is 169 Å². The van der Waals surface area contributed by atoms with Gasteiger partial charge in [0.1, 0.15) is 11.5 Å². The maximum atomic E-state index is 5.91. The van der Waals surface area contributed by atoms with Crippen LogP contribution in [-0.2, 0) is 25.7 Å². The second kappa shape index (κ2) is 40.3. The molecule has 3 aliphatic rings. The summed E-state index contributed by atoms with van der Waals surface area (Å²) in [5.74, 6) is 7.71. The molecule has 3 saturated carbocycles. The van der Waals surface area contributed by atoms with Gasteiger partial charge in [-0.25, -0.2) is 0 Å². The van der Waals surface area contributed by atoms with E-state index in [-0.39, 0.29) is 0 Å². The summed E-state index contributed by atoms with van der Waals surface area (Å²) in [5, 5.41) is 0. The summed E-state index contributed by atoms with van der Waals surface area (Å²) in [6, 6.07) is 39.0. The molecule has 0 atom stereocenters. The Labute approximate surface area is 525 Å². The van der Waals surface area contributed by atoms with Crippen molar-refractivity contribution in [2.24, 2.45) is 35.5 Å². The van der Waals surface area contributed by atoms with Gasteiger partial charge in [-0.2, -0.15) is 0 Å². The predicted molar refractivity (Wildman–Crippen MR) is 368 cm³/mol. The van der Waals surface area contributed by atoms with Gasteiger partial charge in [0, 0.05) is 35.3 Å². The van der Waals surface area contributed by atoms with E-state index in [1.807, 2.05) is 0 Å². The summed E-state index contributed by atoms with van der Waals surface area (Å²) in [5.41, 5.74) is 12.3. The fourth-order valence-electron chi connectivity index (χ4n) is 13.7. The minimum absolute atomic E-state index is 0.816. The molecule has 5 heteroatoms. The highest BCUT2D eigenvalue weighted by atomic mass is 16.5. The van der Waals surface area contributed by atoms with Crippen molar-refractivity contribution in [2.75, 3.05) is 13.2 Å². The summed E-state index contributed by atoms with van der Waals surface area (Å²) in [6.45, 7) is 15.3. The molecule has 0 spiro atoms. The maximum Gasteiger partial charge on any atom is 0.119 e. The van der Waals surface area contributed by atoms with E-state index in [4.69, 9.17) is 24.4 Å². The molecule has 468 valence electrons. The number of hydrogen-bond acceptors (Lipinski definition) is 5. The maximum absolute atomic E-state index is 5.91. The number of ether oxygens (including phenoxy) is 2. The molecule has 3 aromatic carbocycles. The van der Waals surface area contributed by atoms with Crippen molar-refractivity contribution in [3.05, 3.63) is 150 Å². The number of aryl methyl sites for hydroxylation is 4. The zero-order valence-corrected chi connectivity index (χ0v) is 55.2. The quantitative estimate of drug-likeness (QED) is 0.0394. The molecule has 6 aromatic rings. The van der Waals surface area contributed by atoms with Crippen LogP contribution in [0, 0.1) is 35.5 Å². The first-order valence-electron chi connectivity index (χ1n) is 35.7. The molecule has 3 aliphatic carbocycles. The molecule has 9 rings (SSSR count). The Balaban J connectivity index is 0.000000186. The smallest absolute Gasteiger partial charge is 0.119 e. The molecule has 3 fully saturated rings. The number of pyridine rings is 3. The average Bonchev–Trinajstić information content (AvgIpc) is 3.72. The molecule has 0 amide bonds. The lowest BCUT2D eigenvalue weighted by molar-refractivity contribution is 0.252. The average molecular weight is 1160 g/mol. The molecule has 0 unspecified atom stereocenters. The number of benzene rings is 3. The Kier molecular flexibility index (Phi) is 32.0. The molecule has 86 heavy (non-hydrogen) atoms. The zero-order valence-electron chi connectivity index (χ0n) is 55.2. The van der Waals surface area contributed by atoms with Crippen LogP contribution in [-0.4, -0.2) is 28.2 Å². The molecule has 0 aliphatic heterocycles. The zero-order chi connectivity index (χ0) is 60.2. The standard InChI is InChI=1S/C29H43NO.C28H41NO.C24H33N/c1-3-5-6-7-8-9-22-31-28-19-17-27(18-20-28)29-21-16-26(23-30-29)15-14-25-12-10-24(4-2)11-13-25;1-3-5-6-7-8-21-30-27-18-16-26(17-19-27)28-20-15-25(22-29-28)14-13-24-11-9-23(4-2)10-12-24;1-3-5-20-6-8-21(9-7-20)10-11-22-14-17-24(25-18-22)23-15-12-19(4-2)13-16-23/h16-21,23-25H,3-15,22H2,1-2H3;15-20,22-24H,3-14,21H2,1-2H3;12-18,20-21H,3-11H2,1-2H3. The molecule has 5 nitrogen and oxygen atoms in total. The van der Waals surface area contributed by atoms with Gasteiger partial charge in [-0.1, -0.05) is 245 Å².